The first kappa shape index (κ1) is 21.2. The Hall–Kier alpha value is -1.88. The minimum absolute atomic E-state index is 0.143. The van der Waals surface area contributed by atoms with Crippen molar-refractivity contribution in [3.8, 4) is 0 Å². The molecule has 0 aliphatic rings. The van der Waals surface area contributed by atoms with Gasteiger partial charge in [0.05, 0.1) is 18.6 Å². The fourth-order valence-corrected chi connectivity index (χ4v) is 2.63. The molecule has 0 radical (unpaired) electrons. The zero-order chi connectivity index (χ0) is 18.7. The van der Waals surface area contributed by atoms with Crippen LogP contribution in [0, 0.1) is 0 Å². The first-order valence-electron chi connectivity index (χ1n) is 9.15. The van der Waals surface area contributed by atoms with Crippen LogP contribution in [0.1, 0.15) is 62.9 Å². The number of hydrogen-bond donors (Lipinski definition) is 1. The fourth-order valence-electron chi connectivity index (χ4n) is 2.63. The molecule has 0 aliphatic heterocycles. The Bertz CT molecular complexity index is 527. The number of benzene rings is 1. The molecule has 1 rings (SSSR count). The summed E-state index contributed by atoms with van der Waals surface area (Å²) in [5.74, 6) is -0.498. The summed E-state index contributed by atoms with van der Waals surface area (Å²) < 4.78 is 10.4. The average Bonchev–Trinajstić information content (AvgIpc) is 2.55. The number of carbonyl (C=O) groups is 2. The third-order valence-electron chi connectivity index (χ3n) is 3.85. The van der Waals surface area contributed by atoms with Crippen LogP contribution in [0.3, 0.4) is 0 Å². The minimum Gasteiger partial charge on any atom is -0.466 e. The van der Waals surface area contributed by atoms with Crippen LogP contribution in [0.25, 0.3) is 0 Å². The molecule has 0 bridgehead atoms. The van der Waals surface area contributed by atoms with Crippen LogP contribution in [-0.2, 0) is 20.7 Å². The molecule has 2 atom stereocenters. The third kappa shape index (κ3) is 8.68. The van der Waals surface area contributed by atoms with Gasteiger partial charge in [-0.1, -0.05) is 25.5 Å². The van der Waals surface area contributed by atoms with E-state index in [1.165, 1.54) is 5.56 Å². The molecule has 2 unspecified atom stereocenters. The van der Waals surface area contributed by atoms with E-state index in [4.69, 9.17) is 9.47 Å². The Morgan fingerprint density at radius 1 is 1.12 bits per heavy atom. The predicted molar refractivity (Wildman–Crippen MR) is 98.6 cm³/mol. The number of carbonyl (C=O) groups excluding carboxylic acids is 2. The maximum atomic E-state index is 12.2. The van der Waals surface area contributed by atoms with Crippen molar-refractivity contribution in [2.24, 2.45) is 0 Å². The van der Waals surface area contributed by atoms with Gasteiger partial charge in [-0.15, -0.1) is 0 Å². The molecule has 0 fully saturated rings. The molecule has 140 valence electrons. The van der Waals surface area contributed by atoms with E-state index in [1.807, 2.05) is 38.1 Å². The van der Waals surface area contributed by atoms with E-state index >= 15 is 0 Å². The largest absolute Gasteiger partial charge is 0.466 e. The van der Waals surface area contributed by atoms with Crippen molar-refractivity contribution < 1.29 is 19.1 Å². The highest BCUT2D eigenvalue weighted by Gasteiger charge is 2.15. The molecule has 0 heterocycles. The second-order valence-corrected chi connectivity index (χ2v) is 6.31. The molecule has 1 aromatic carbocycles. The van der Waals surface area contributed by atoms with E-state index in [0.29, 0.717) is 31.6 Å². The lowest BCUT2D eigenvalue weighted by atomic mass is 10.1. The van der Waals surface area contributed by atoms with Gasteiger partial charge in [0, 0.05) is 12.6 Å². The number of rotatable bonds is 11. The highest BCUT2D eigenvalue weighted by Crippen LogP contribution is 2.11. The standard InChI is InChI=1S/C20H31NO4/c1-5-7-17-8-10-18(11-9-17)20(23)25-16(4)14-15(3)21-13-12-19(22)24-6-2/h8-11,15-16,21H,5-7,12-14H2,1-4H3. The fraction of sp³-hybridized carbons (Fsp3) is 0.600. The van der Waals surface area contributed by atoms with Crippen molar-refractivity contribution >= 4 is 11.9 Å². The summed E-state index contributed by atoms with van der Waals surface area (Å²) in [4.78, 5) is 23.5. The summed E-state index contributed by atoms with van der Waals surface area (Å²) in [5, 5.41) is 3.25. The number of hydrogen-bond acceptors (Lipinski definition) is 5. The smallest absolute Gasteiger partial charge is 0.338 e. The van der Waals surface area contributed by atoms with Crippen LogP contribution in [-0.4, -0.2) is 37.2 Å². The quantitative estimate of drug-likeness (QED) is 0.619. The maximum Gasteiger partial charge on any atom is 0.338 e. The number of aryl methyl sites for hydroxylation is 1. The Balaban J connectivity index is 2.33. The summed E-state index contributed by atoms with van der Waals surface area (Å²) >= 11 is 0. The van der Waals surface area contributed by atoms with E-state index in [2.05, 4.69) is 12.2 Å². The number of esters is 2. The second-order valence-electron chi connectivity index (χ2n) is 6.31. The van der Waals surface area contributed by atoms with Gasteiger partial charge in [0.1, 0.15) is 6.10 Å². The lowest BCUT2D eigenvalue weighted by Gasteiger charge is -2.19. The molecule has 0 aliphatic carbocycles. The molecule has 0 spiro atoms. The molecule has 0 saturated carbocycles. The van der Waals surface area contributed by atoms with Crippen LogP contribution in [0.4, 0.5) is 0 Å². The Morgan fingerprint density at radius 3 is 2.40 bits per heavy atom. The normalized spacial score (nSPS) is 13.1. The van der Waals surface area contributed by atoms with E-state index < -0.39 is 0 Å². The molecule has 1 N–H and O–H groups in total. The molecule has 1 aromatic rings. The monoisotopic (exact) mass is 349 g/mol. The van der Waals surface area contributed by atoms with Gasteiger partial charge < -0.3 is 14.8 Å². The van der Waals surface area contributed by atoms with Crippen molar-refractivity contribution in [3.63, 3.8) is 0 Å². The van der Waals surface area contributed by atoms with E-state index in [-0.39, 0.29) is 24.1 Å². The lowest BCUT2D eigenvalue weighted by Crippen LogP contribution is -2.32. The Morgan fingerprint density at radius 2 is 1.80 bits per heavy atom. The van der Waals surface area contributed by atoms with Crippen LogP contribution in [0.15, 0.2) is 24.3 Å². The Labute approximate surface area is 151 Å². The zero-order valence-electron chi connectivity index (χ0n) is 15.8. The van der Waals surface area contributed by atoms with Crippen LogP contribution >= 0.6 is 0 Å². The SMILES string of the molecule is CCCc1ccc(C(=O)OC(C)CC(C)NCCC(=O)OCC)cc1. The molecule has 0 saturated heterocycles. The summed E-state index contributed by atoms with van der Waals surface area (Å²) in [7, 11) is 0. The number of ether oxygens (including phenoxy) is 2. The Kier molecular flexibility index (Phi) is 9.85. The first-order valence-corrected chi connectivity index (χ1v) is 9.15. The lowest BCUT2D eigenvalue weighted by molar-refractivity contribution is -0.143. The van der Waals surface area contributed by atoms with Crippen molar-refractivity contribution in [2.75, 3.05) is 13.2 Å². The topological polar surface area (TPSA) is 64.6 Å². The van der Waals surface area contributed by atoms with E-state index in [9.17, 15) is 9.59 Å². The molecule has 5 nitrogen and oxygen atoms in total. The molecule has 0 aromatic heterocycles. The summed E-state index contributed by atoms with van der Waals surface area (Å²) in [5.41, 5.74) is 1.81. The van der Waals surface area contributed by atoms with Gasteiger partial charge in [0.15, 0.2) is 0 Å². The van der Waals surface area contributed by atoms with Gasteiger partial charge >= 0.3 is 11.9 Å². The summed E-state index contributed by atoms with van der Waals surface area (Å²) in [6.07, 6.45) is 2.93. The molecule has 0 amide bonds. The maximum absolute atomic E-state index is 12.2. The van der Waals surface area contributed by atoms with Gasteiger partial charge in [0.25, 0.3) is 0 Å². The molecular weight excluding hydrogens is 318 g/mol. The second kappa shape index (κ2) is 11.6. The van der Waals surface area contributed by atoms with Crippen LogP contribution in [0.5, 0.6) is 0 Å². The molecular formula is C20H31NO4. The predicted octanol–water partition coefficient (Wildman–Crippen LogP) is 3.51. The van der Waals surface area contributed by atoms with Gasteiger partial charge in [-0.3, -0.25) is 4.79 Å². The highest BCUT2D eigenvalue weighted by atomic mass is 16.5. The van der Waals surface area contributed by atoms with Crippen LogP contribution in [0.2, 0.25) is 0 Å². The third-order valence-corrected chi connectivity index (χ3v) is 3.85. The average molecular weight is 349 g/mol. The van der Waals surface area contributed by atoms with Gasteiger partial charge in [0.2, 0.25) is 0 Å². The summed E-state index contributed by atoms with van der Waals surface area (Å²) in [6, 6.07) is 7.74. The van der Waals surface area contributed by atoms with Crippen LogP contribution < -0.4 is 5.32 Å². The summed E-state index contributed by atoms with van der Waals surface area (Å²) in [6.45, 7) is 8.77. The van der Waals surface area contributed by atoms with Crippen molar-refractivity contribution in [1.29, 1.82) is 0 Å². The van der Waals surface area contributed by atoms with Crippen molar-refractivity contribution in [3.05, 3.63) is 35.4 Å². The number of nitrogens with one attached hydrogen (secondary N) is 1. The van der Waals surface area contributed by atoms with Crippen molar-refractivity contribution in [1.82, 2.24) is 5.32 Å². The van der Waals surface area contributed by atoms with Crippen molar-refractivity contribution in [2.45, 2.75) is 65.5 Å². The molecule has 25 heavy (non-hydrogen) atoms. The first-order chi connectivity index (χ1) is 12.0. The highest BCUT2D eigenvalue weighted by molar-refractivity contribution is 5.89. The van der Waals surface area contributed by atoms with Gasteiger partial charge in [-0.25, -0.2) is 4.79 Å². The zero-order valence-corrected chi connectivity index (χ0v) is 15.8. The van der Waals surface area contributed by atoms with E-state index in [0.717, 1.165) is 12.8 Å². The van der Waals surface area contributed by atoms with Gasteiger partial charge in [-0.2, -0.15) is 0 Å². The van der Waals surface area contributed by atoms with E-state index in [1.54, 1.807) is 6.92 Å². The molecule has 5 heteroatoms. The van der Waals surface area contributed by atoms with Gasteiger partial charge in [-0.05, 0) is 51.3 Å². The minimum atomic E-state index is -0.297.